The van der Waals surface area contributed by atoms with E-state index in [1.54, 1.807) is 6.92 Å². The van der Waals surface area contributed by atoms with Gasteiger partial charge in [0.05, 0.1) is 6.33 Å². The van der Waals surface area contributed by atoms with Crippen LogP contribution >= 0.6 is 11.6 Å². The van der Waals surface area contributed by atoms with E-state index < -0.39 is 22.8 Å². The molecule has 0 unspecified atom stereocenters. The highest BCUT2D eigenvalue weighted by Gasteiger charge is 2.42. The normalized spacial score (nSPS) is 11.8. The summed E-state index contributed by atoms with van der Waals surface area (Å²) < 4.78 is 37.2. The van der Waals surface area contributed by atoms with Crippen LogP contribution in [-0.2, 0) is 6.54 Å². The van der Waals surface area contributed by atoms with Crippen molar-refractivity contribution in [2.45, 2.75) is 19.6 Å². The van der Waals surface area contributed by atoms with Crippen molar-refractivity contribution in [1.29, 1.82) is 0 Å². The highest BCUT2D eigenvalue weighted by Crippen LogP contribution is 2.25. The molecule has 0 N–H and O–H groups in total. The third-order valence-electron chi connectivity index (χ3n) is 1.61. The van der Waals surface area contributed by atoms with E-state index in [0.717, 1.165) is 10.9 Å². The van der Waals surface area contributed by atoms with Crippen molar-refractivity contribution in [3.8, 4) is 0 Å². The fraction of sp³-hybridized carbons (Fsp3) is 0.429. The number of aryl methyl sites for hydroxylation is 1. The monoisotopic (exact) mass is 226 g/mol. The second kappa shape index (κ2) is 3.61. The van der Waals surface area contributed by atoms with Crippen molar-refractivity contribution in [2.75, 3.05) is 0 Å². The van der Waals surface area contributed by atoms with Crippen molar-refractivity contribution in [2.24, 2.45) is 0 Å². The minimum absolute atomic E-state index is 0.205. The summed E-state index contributed by atoms with van der Waals surface area (Å²) in [4.78, 5) is 14.3. The summed E-state index contributed by atoms with van der Waals surface area (Å²) in [5, 5.41) is -0.422. The van der Waals surface area contributed by atoms with Crippen molar-refractivity contribution in [1.82, 2.24) is 9.55 Å². The smallest absolute Gasteiger partial charge is 0.327 e. The summed E-state index contributed by atoms with van der Waals surface area (Å²) in [5.74, 6) is -1.97. The van der Waals surface area contributed by atoms with Gasteiger partial charge >= 0.3 is 6.18 Å². The van der Waals surface area contributed by atoms with Gasteiger partial charge in [-0.05, 0) is 6.92 Å². The molecule has 1 aromatic heterocycles. The number of alkyl halides is 3. The maximum atomic E-state index is 12.1. The molecule has 1 aromatic rings. The van der Waals surface area contributed by atoms with Gasteiger partial charge in [-0.15, -0.1) is 0 Å². The van der Waals surface area contributed by atoms with Crippen molar-refractivity contribution in [3.63, 3.8) is 0 Å². The average Bonchev–Trinajstić information content (AvgIpc) is 2.43. The molecule has 78 valence electrons. The van der Waals surface area contributed by atoms with Crippen LogP contribution in [0.3, 0.4) is 0 Å². The van der Waals surface area contributed by atoms with Crippen LogP contribution in [0, 0.1) is 0 Å². The lowest BCUT2D eigenvalue weighted by molar-refractivity contribution is -0.0890. The summed E-state index contributed by atoms with van der Waals surface area (Å²) in [6.07, 6.45) is -3.82. The van der Waals surface area contributed by atoms with Crippen LogP contribution in [0.1, 0.15) is 17.4 Å². The number of carbonyl (C=O) groups excluding carboxylic acids is 1. The Morgan fingerprint density at radius 2 is 2.21 bits per heavy atom. The largest absolute Gasteiger partial charge is 0.456 e. The van der Waals surface area contributed by atoms with Crippen LogP contribution < -0.4 is 0 Å². The van der Waals surface area contributed by atoms with E-state index in [-0.39, 0.29) is 6.54 Å². The minimum Gasteiger partial charge on any atom is -0.327 e. The highest BCUT2D eigenvalue weighted by atomic mass is 35.5. The molecule has 3 nitrogen and oxygen atoms in total. The summed E-state index contributed by atoms with van der Waals surface area (Å²) in [5.41, 5.74) is -0.610. The summed E-state index contributed by atoms with van der Waals surface area (Å²) in [6.45, 7) is 1.79. The van der Waals surface area contributed by atoms with Crippen LogP contribution in [-0.4, -0.2) is 21.5 Å². The number of rotatable bonds is 2. The van der Waals surface area contributed by atoms with Gasteiger partial charge in [0.15, 0.2) is 5.15 Å². The average molecular weight is 227 g/mol. The molecule has 1 rings (SSSR count). The molecule has 0 aromatic carbocycles. The predicted octanol–water partition coefficient (Wildman–Crippen LogP) is 2.30. The van der Waals surface area contributed by atoms with Crippen LogP contribution in [0.25, 0.3) is 0 Å². The first-order valence-corrected chi connectivity index (χ1v) is 4.07. The van der Waals surface area contributed by atoms with Crippen LogP contribution in [0.5, 0.6) is 0 Å². The molecule has 0 amide bonds. The Morgan fingerprint density at radius 3 is 2.64 bits per heavy atom. The van der Waals surface area contributed by atoms with E-state index in [9.17, 15) is 18.0 Å². The predicted molar refractivity (Wildman–Crippen MR) is 43.3 cm³/mol. The van der Waals surface area contributed by atoms with Gasteiger partial charge in [-0.2, -0.15) is 13.2 Å². The maximum absolute atomic E-state index is 12.1. The van der Waals surface area contributed by atoms with E-state index in [0.29, 0.717) is 0 Å². The molecule has 0 aliphatic carbocycles. The zero-order valence-electron chi connectivity index (χ0n) is 7.10. The Kier molecular flexibility index (Phi) is 2.84. The van der Waals surface area contributed by atoms with Gasteiger partial charge in [0, 0.05) is 6.54 Å². The molecular formula is C7H6ClF3N2O. The van der Waals surface area contributed by atoms with Crippen LogP contribution in [0.2, 0.25) is 5.15 Å². The Balaban J connectivity index is 3.18. The lowest BCUT2D eigenvalue weighted by Crippen LogP contribution is -2.25. The third kappa shape index (κ3) is 1.89. The molecule has 14 heavy (non-hydrogen) atoms. The number of carbonyl (C=O) groups is 1. The molecule has 7 heteroatoms. The molecule has 0 spiro atoms. The van der Waals surface area contributed by atoms with Gasteiger partial charge < -0.3 is 4.57 Å². The number of hydrogen-bond donors (Lipinski definition) is 0. The number of ketones is 1. The standard InChI is InChI=1S/C7H6ClF3N2O/c1-2-13-3-12-6(8)4(13)5(14)7(9,10)11/h3H,2H2,1H3. The first-order valence-electron chi connectivity index (χ1n) is 3.70. The number of nitrogens with zero attached hydrogens (tertiary/aromatic N) is 2. The SMILES string of the molecule is CCn1cnc(Cl)c1C(=O)C(F)(F)F. The Hall–Kier alpha value is -1.04. The molecule has 0 fully saturated rings. The molecule has 0 saturated carbocycles. The molecule has 0 radical (unpaired) electrons. The zero-order valence-corrected chi connectivity index (χ0v) is 7.85. The Morgan fingerprint density at radius 1 is 1.64 bits per heavy atom. The molecule has 0 saturated heterocycles. The molecule has 0 aliphatic heterocycles. The van der Waals surface area contributed by atoms with Crippen molar-refractivity contribution < 1.29 is 18.0 Å². The summed E-state index contributed by atoms with van der Waals surface area (Å²) in [7, 11) is 0. The lowest BCUT2D eigenvalue weighted by atomic mass is 10.3. The van der Waals surface area contributed by atoms with Gasteiger partial charge in [-0.3, -0.25) is 4.79 Å². The van der Waals surface area contributed by atoms with Crippen LogP contribution in [0.15, 0.2) is 6.33 Å². The van der Waals surface area contributed by atoms with Gasteiger partial charge in [-0.1, -0.05) is 11.6 Å². The van der Waals surface area contributed by atoms with Crippen molar-refractivity contribution in [3.05, 3.63) is 17.2 Å². The number of aromatic nitrogens is 2. The van der Waals surface area contributed by atoms with E-state index >= 15 is 0 Å². The highest BCUT2D eigenvalue weighted by molar-refractivity contribution is 6.32. The third-order valence-corrected chi connectivity index (χ3v) is 1.88. The zero-order chi connectivity index (χ0) is 10.9. The molecule has 1 heterocycles. The number of Topliss-reactive ketones (excluding diaryl/α,β-unsaturated/α-hetero) is 1. The maximum Gasteiger partial charge on any atom is 0.456 e. The van der Waals surface area contributed by atoms with E-state index in [2.05, 4.69) is 4.98 Å². The van der Waals surface area contributed by atoms with Gasteiger partial charge in [0.25, 0.3) is 5.78 Å². The fourth-order valence-electron chi connectivity index (χ4n) is 0.956. The lowest BCUT2D eigenvalue weighted by Gasteiger charge is -2.07. The van der Waals surface area contributed by atoms with Gasteiger partial charge in [0.2, 0.25) is 0 Å². The number of halogens is 4. The topological polar surface area (TPSA) is 34.9 Å². The van der Waals surface area contributed by atoms with Crippen LogP contribution in [0.4, 0.5) is 13.2 Å². The van der Waals surface area contributed by atoms with E-state index in [1.807, 2.05) is 0 Å². The second-order valence-electron chi connectivity index (χ2n) is 2.50. The van der Waals surface area contributed by atoms with Gasteiger partial charge in [0.1, 0.15) is 5.69 Å². The number of hydrogen-bond acceptors (Lipinski definition) is 2. The first-order chi connectivity index (χ1) is 6.38. The second-order valence-corrected chi connectivity index (χ2v) is 2.85. The fourth-order valence-corrected chi connectivity index (χ4v) is 1.19. The molecular weight excluding hydrogens is 221 g/mol. The summed E-state index contributed by atoms with van der Waals surface area (Å²) >= 11 is 5.37. The molecule has 0 aliphatic rings. The molecule has 0 bridgehead atoms. The summed E-state index contributed by atoms with van der Waals surface area (Å²) in [6, 6.07) is 0. The Labute approximate surface area is 82.5 Å². The van der Waals surface area contributed by atoms with Gasteiger partial charge in [-0.25, -0.2) is 4.98 Å². The minimum atomic E-state index is -4.92. The van der Waals surface area contributed by atoms with E-state index in [1.165, 1.54) is 0 Å². The quantitative estimate of drug-likeness (QED) is 0.726. The first kappa shape index (κ1) is 11.0. The van der Waals surface area contributed by atoms with E-state index in [4.69, 9.17) is 11.6 Å². The molecule has 0 atom stereocenters. The Bertz CT molecular complexity index is 358. The van der Waals surface area contributed by atoms with Crippen molar-refractivity contribution >= 4 is 17.4 Å². The number of imidazole rings is 1.